The average Bonchev–Trinajstić information content (AvgIpc) is 3.05. The van der Waals surface area contributed by atoms with Crippen molar-refractivity contribution in [2.45, 2.75) is 25.4 Å². The predicted octanol–water partition coefficient (Wildman–Crippen LogP) is 2.78. The molecule has 1 aliphatic rings. The minimum atomic E-state index is -0.390. The molecule has 1 aromatic heterocycles. The highest BCUT2D eigenvalue weighted by molar-refractivity contribution is 6.33. The molecule has 0 unspecified atom stereocenters. The van der Waals surface area contributed by atoms with Gasteiger partial charge in [0.05, 0.1) is 17.1 Å². The molecule has 1 aliphatic carbocycles. The lowest BCUT2D eigenvalue weighted by molar-refractivity contribution is 0.476. The van der Waals surface area contributed by atoms with Crippen LogP contribution >= 0.6 is 11.6 Å². The third kappa shape index (κ3) is 2.52. The second-order valence-electron chi connectivity index (χ2n) is 4.28. The van der Waals surface area contributed by atoms with Crippen LogP contribution in [0.5, 0.6) is 0 Å². The van der Waals surface area contributed by atoms with E-state index in [4.69, 9.17) is 16.0 Å². The van der Waals surface area contributed by atoms with Crippen LogP contribution in [0.15, 0.2) is 22.6 Å². The van der Waals surface area contributed by atoms with Gasteiger partial charge in [0, 0.05) is 6.04 Å². The molecule has 1 fully saturated rings. The molecule has 1 aromatic carbocycles. The molecule has 1 saturated carbocycles. The largest absolute Gasteiger partial charge is 0.419 e. The van der Waals surface area contributed by atoms with Gasteiger partial charge in [0.2, 0.25) is 11.8 Å². The van der Waals surface area contributed by atoms with E-state index >= 15 is 0 Å². The molecule has 4 nitrogen and oxygen atoms in total. The van der Waals surface area contributed by atoms with Gasteiger partial charge in [-0.1, -0.05) is 11.6 Å². The van der Waals surface area contributed by atoms with E-state index in [0.29, 0.717) is 29.9 Å². The molecule has 94 valence electrons. The topological polar surface area (TPSA) is 51.0 Å². The SMILES string of the molecule is Fc1ccc(-c2nnc(CNC3CC3)o2)c(Cl)c1. The van der Waals surface area contributed by atoms with Gasteiger partial charge in [0.25, 0.3) is 0 Å². The first-order valence-electron chi connectivity index (χ1n) is 5.73. The Kier molecular flexibility index (Phi) is 3.01. The van der Waals surface area contributed by atoms with Crippen molar-refractivity contribution in [3.05, 3.63) is 34.9 Å². The van der Waals surface area contributed by atoms with Crippen molar-refractivity contribution in [2.24, 2.45) is 0 Å². The summed E-state index contributed by atoms with van der Waals surface area (Å²) in [7, 11) is 0. The normalized spacial score (nSPS) is 15.0. The smallest absolute Gasteiger partial charge is 0.249 e. The Hall–Kier alpha value is -1.46. The Morgan fingerprint density at radius 1 is 1.39 bits per heavy atom. The van der Waals surface area contributed by atoms with Gasteiger partial charge in [-0.2, -0.15) is 0 Å². The number of hydrogen-bond donors (Lipinski definition) is 1. The van der Waals surface area contributed by atoms with Crippen molar-refractivity contribution in [3.8, 4) is 11.5 Å². The Morgan fingerprint density at radius 3 is 2.94 bits per heavy atom. The van der Waals surface area contributed by atoms with Crippen LogP contribution in [0.1, 0.15) is 18.7 Å². The van der Waals surface area contributed by atoms with Gasteiger partial charge in [-0.05, 0) is 31.0 Å². The first-order chi connectivity index (χ1) is 8.72. The standard InChI is InChI=1S/C12H11ClFN3O/c13-10-5-7(14)1-4-9(10)12-17-16-11(18-12)6-15-8-2-3-8/h1,4-5,8,15H,2-3,6H2. The van der Waals surface area contributed by atoms with E-state index in [1.54, 1.807) is 0 Å². The second-order valence-corrected chi connectivity index (χ2v) is 4.69. The molecule has 0 atom stereocenters. The lowest BCUT2D eigenvalue weighted by Crippen LogP contribution is -2.15. The zero-order valence-electron chi connectivity index (χ0n) is 9.49. The van der Waals surface area contributed by atoms with Gasteiger partial charge in [0.15, 0.2) is 0 Å². The summed E-state index contributed by atoms with van der Waals surface area (Å²) in [6, 6.07) is 4.65. The van der Waals surface area contributed by atoms with E-state index < -0.39 is 0 Å². The number of rotatable bonds is 4. The van der Waals surface area contributed by atoms with Gasteiger partial charge >= 0.3 is 0 Å². The summed E-state index contributed by atoms with van der Waals surface area (Å²) in [6.45, 7) is 0.552. The molecule has 2 aromatic rings. The minimum Gasteiger partial charge on any atom is -0.419 e. The zero-order chi connectivity index (χ0) is 12.5. The maximum atomic E-state index is 12.9. The monoisotopic (exact) mass is 267 g/mol. The van der Waals surface area contributed by atoms with Crippen LogP contribution in [0.4, 0.5) is 4.39 Å². The molecule has 18 heavy (non-hydrogen) atoms. The van der Waals surface area contributed by atoms with E-state index in [-0.39, 0.29) is 10.8 Å². The fourth-order valence-corrected chi connectivity index (χ4v) is 1.86. The Labute approximate surface area is 108 Å². The van der Waals surface area contributed by atoms with E-state index in [1.807, 2.05) is 0 Å². The second kappa shape index (κ2) is 4.66. The van der Waals surface area contributed by atoms with Crippen LogP contribution in [-0.2, 0) is 6.54 Å². The maximum Gasteiger partial charge on any atom is 0.249 e. The van der Waals surface area contributed by atoms with Gasteiger partial charge in [0.1, 0.15) is 5.82 Å². The van der Waals surface area contributed by atoms with Crippen LogP contribution < -0.4 is 5.32 Å². The predicted molar refractivity (Wildman–Crippen MR) is 64.6 cm³/mol. The van der Waals surface area contributed by atoms with Crippen LogP contribution in [0.3, 0.4) is 0 Å². The van der Waals surface area contributed by atoms with Gasteiger partial charge in [-0.3, -0.25) is 0 Å². The molecule has 6 heteroatoms. The van der Waals surface area contributed by atoms with Crippen molar-refractivity contribution in [1.82, 2.24) is 15.5 Å². The van der Waals surface area contributed by atoms with Crippen LogP contribution in [0.2, 0.25) is 5.02 Å². The quantitative estimate of drug-likeness (QED) is 0.925. The highest BCUT2D eigenvalue weighted by Gasteiger charge is 2.21. The molecular formula is C12H11ClFN3O. The number of nitrogens with one attached hydrogen (secondary N) is 1. The van der Waals surface area contributed by atoms with Crippen LogP contribution in [0.25, 0.3) is 11.5 Å². The number of aromatic nitrogens is 2. The molecule has 3 rings (SSSR count). The Bertz CT molecular complexity index is 568. The van der Waals surface area contributed by atoms with Gasteiger partial charge < -0.3 is 9.73 Å². The molecule has 1 heterocycles. The summed E-state index contributed by atoms with van der Waals surface area (Å²) in [5, 5.41) is 11.4. The van der Waals surface area contributed by atoms with Crippen molar-refractivity contribution in [3.63, 3.8) is 0 Å². The summed E-state index contributed by atoms with van der Waals surface area (Å²) in [4.78, 5) is 0. The van der Waals surface area contributed by atoms with Gasteiger partial charge in [-0.15, -0.1) is 10.2 Å². The van der Waals surface area contributed by atoms with Gasteiger partial charge in [-0.25, -0.2) is 4.39 Å². The van der Waals surface area contributed by atoms with E-state index in [1.165, 1.54) is 31.0 Å². The molecular weight excluding hydrogens is 257 g/mol. The van der Waals surface area contributed by atoms with Crippen LogP contribution in [0, 0.1) is 5.82 Å². The maximum absolute atomic E-state index is 12.9. The number of nitrogens with zero attached hydrogens (tertiary/aromatic N) is 2. The molecule has 0 spiro atoms. The lowest BCUT2D eigenvalue weighted by atomic mass is 10.2. The lowest BCUT2D eigenvalue weighted by Gasteiger charge is -1.99. The molecule has 0 aliphatic heterocycles. The van der Waals surface area contributed by atoms with Crippen LogP contribution in [-0.4, -0.2) is 16.2 Å². The molecule has 0 saturated heterocycles. The fraction of sp³-hybridized carbons (Fsp3) is 0.333. The third-order valence-electron chi connectivity index (χ3n) is 2.75. The first-order valence-corrected chi connectivity index (χ1v) is 6.11. The first kappa shape index (κ1) is 11.6. The van der Waals surface area contributed by atoms with Crippen molar-refractivity contribution in [1.29, 1.82) is 0 Å². The summed E-state index contributed by atoms with van der Waals surface area (Å²) in [5.41, 5.74) is 0.545. The van der Waals surface area contributed by atoms with Crippen molar-refractivity contribution >= 4 is 11.6 Å². The summed E-state index contributed by atoms with van der Waals surface area (Å²) >= 11 is 5.93. The van der Waals surface area contributed by atoms with E-state index in [0.717, 1.165) is 0 Å². The summed E-state index contributed by atoms with van der Waals surface area (Å²) < 4.78 is 18.4. The number of benzene rings is 1. The average molecular weight is 268 g/mol. The minimum absolute atomic E-state index is 0.264. The Morgan fingerprint density at radius 2 is 2.22 bits per heavy atom. The van der Waals surface area contributed by atoms with Crippen molar-refractivity contribution < 1.29 is 8.81 Å². The summed E-state index contributed by atoms with van der Waals surface area (Å²) in [6.07, 6.45) is 2.40. The highest BCUT2D eigenvalue weighted by Crippen LogP contribution is 2.27. The molecule has 0 radical (unpaired) electrons. The summed E-state index contributed by atoms with van der Waals surface area (Å²) in [5.74, 6) is 0.434. The Balaban J connectivity index is 1.78. The molecule has 0 bridgehead atoms. The number of hydrogen-bond acceptors (Lipinski definition) is 4. The third-order valence-corrected chi connectivity index (χ3v) is 3.06. The van der Waals surface area contributed by atoms with E-state index in [2.05, 4.69) is 15.5 Å². The zero-order valence-corrected chi connectivity index (χ0v) is 10.2. The molecule has 0 amide bonds. The fourth-order valence-electron chi connectivity index (χ4n) is 1.62. The van der Waals surface area contributed by atoms with E-state index in [9.17, 15) is 4.39 Å². The number of halogens is 2. The highest BCUT2D eigenvalue weighted by atomic mass is 35.5. The molecule has 1 N–H and O–H groups in total. The van der Waals surface area contributed by atoms with Crippen molar-refractivity contribution in [2.75, 3.05) is 0 Å².